The molecule has 4 aromatic rings. The molecule has 3 aromatic carbocycles. The lowest BCUT2D eigenvalue weighted by Gasteiger charge is -2.07. The maximum Gasteiger partial charge on any atom is 0.206 e. The van der Waals surface area contributed by atoms with Crippen LogP contribution in [0.3, 0.4) is 0 Å². The molecule has 0 fully saturated rings. The highest BCUT2D eigenvalue weighted by molar-refractivity contribution is 7.07. The number of phenolic OH excluding ortho intramolecular Hbond substituents is 2. The van der Waals surface area contributed by atoms with E-state index in [1.165, 1.54) is 23.6 Å². The molecule has 4 rings (SSSR count). The summed E-state index contributed by atoms with van der Waals surface area (Å²) in [5.41, 5.74) is 2.93. The van der Waals surface area contributed by atoms with E-state index in [0.29, 0.717) is 27.0 Å². The highest BCUT2D eigenvalue weighted by Crippen LogP contribution is 2.31. The number of nitrogens with zero attached hydrogens (tertiary/aromatic N) is 3. The van der Waals surface area contributed by atoms with Crippen molar-refractivity contribution in [1.29, 1.82) is 0 Å². The third-order valence-electron chi connectivity index (χ3n) is 4.49. The van der Waals surface area contributed by atoms with Crippen LogP contribution in [0.4, 0.5) is 0 Å². The number of hydrogen-bond acceptors (Lipinski definition) is 5. The predicted octanol–water partition coefficient (Wildman–Crippen LogP) is 5.92. The smallest absolute Gasteiger partial charge is 0.206 e. The van der Waals surface area contributed by atoms with E-state index in [9.17, 15) is 10.2 Å². The zero-order valence-corrected chi connectivity index (χ0v) is 18.4. The summed E-state index contributed by atoms with van der Waals surface area (Å²) in [7, 11) is 0. The van der Waals surface area contributed by atoms with Gasteiger partial charge in [0.2, 0.25) is 4.80 Å². The van der Waals surface area contributed by atoms with Gasteiger partial charge in [-0.1, -0.05) is 59.6 Å². The summed E-state index contributed by atoms with van der Waals surface area (Å²) in [5, 5.41) is 27.3. The van der Waals surface area contributed by atoms with Crippen LogP contribution in [0.25, 0.3) is 11.3 Å². The quantitative estimate of drug-likeness (QED) is 0.281. The molecule has 0 saturated heterocycles. The van der Waals surface area contributed by atoms with Gasteiger partial charge in [-0.15, -0.1) is 11.3 Å². The van der Waals surface area contributed by atoms with Crippen molar-refractivity contribution < 1.29 is 10.2 Å². The Bertz CT molecular complexity index is 1310. The fourth-order valence-corrected chi connectivity index (χ4v) is 4.25. The van der Waals surface area contributed by atoms with Gasteiger partial charge in [-0.2, -0.15) is 5.10 Å². The van der Waals surface area contributed by atoms with Crippen molar-refractivity contribution in [2.75, 3.05) is 0 Å². The van der Waals surface area contributed by atoms with Gasteiger partial charge in [0.1, 0.15) is 0 Å². The number of benzene rings is 3. The van der Waals surface area contributed by atoms with Gasteiger partial charge in [0.25, 0.3) is 0 Å². The van der Waals surface area contributed by atoms with Crippen LogP contribution in [0.2, 0.25) is 10.0 Å². The Morgan fingerprint density at radius 1 is 0.968 bits per heavy atom. The van der Waals surface area contributed by atoms with Gasteiger partial charge in [0.15, 0.2) is 11.5 Å². The minimum atomic E-state index is -0.240. The number of para-hydroxylation sites is 1. The molecule has 0 amide bonds. The molecule has 8 heteroatoms. The summed E-state index contributed by atoms with van der Waals surface area (Å²) in [4.78, 5) is 5.36. The maximum atomic E-state index is 10.1. The van der Waals surface area contributed by atoms with E-state index < -0.39 is 0 Å². The Balaban J connectivity index is 1.81. The van der Waals surface area contributed by atoms with Gasteiger partial charge < -0.3 is 10.2 Å². The molecule has 31 heavy (non-hydrogen) atoms. The summed E-state index contributed by atoms with van der Waals surface area (Å²) in [6, 6.07) is 19.9. The van der Waals surface area contributed by atoms with Crippen LogP contribution in [0.5, 0.6) is 11.5 Å². The molecule has 0 saturated carbocycles. The van der Waals surface area contributed by atoms with Gasteiger partial charge in [0, 0.05) is 21.5 Å². The Kier molecular flexibility index (Phi) is 6.42. The first-order chi connectivity index (χ1) is 15.0. The van der Waals surface area contributed by atoms with Gasteiger partial charge >= 0.3 is 0 Å². The van der Waals surface area contributed by atoms with Crippen LogP contribution in [-0.2, 0) is 6.54 Å². The molecule has 1 heterocycles. The van der Waals surface area contributed by atoms with E-state index in [2.05, 4.69) is 5.10 Å². The fraction of sp³-hybridized carbons (Fsp3) is 0.0435. The largest absolute Gasteiger partial charge is 0.504 e. The van der Waals surface area contributed by atoms with E-state index in [1.807, 2.05) is 41.8 Å². The first kappa shape index (κ1) is 21.2. The molecule has 5 nitrogen and oxygen atoms in total. The zero-order valence-electron chi connectivity index (χ0n) is 16.1. The fourth-order valence-electron chi connectivity index (χ4n) is 2.92. The number of halogens is 2. The molecular weight excluding hydrogens is 453 g/mol. The second kappa shape index (κ2) is 9.39. The molecule has 0 bridgehead atoms. The summed E-state index contributed by atoms with van der Waals surface area (Å²) < 4.78 is 1.66. The molecular formula is C23H17Cl2N3O2S. The Morgan fingerprint density at radius 2 is 1.77 bits per heavy atom. The van der Waals surface area contributed by atoms with Crippen molar-refractivity contribution in [3.05, 3.63) is 98.1 Å². The Labute approximate surface area is 192 Å². The molecule has 2 N–H and O–H groups in total. The molecule has 0 radical (unpaired) electrons. The van der Waals surface area contributed by atoms with Crippen LogP contribution in [0, 0.1) is 0 Å². The van der Waals surface area contributed by atoms with Crippen molar-refractivity contribution in [2.24, 2.45) is 10.1 Å². The summed E-state index contributed by atoms with van der Waals surface area (Å²) in [5.74, 6) is -0.454. The van der Waals surface area contributed by atoms with Crippen molar-refractivity contribution in [1.82, 2.24) is 4.68 Å². The molecule has 156 valence electrons. The molecule has 0 unspecified atom stereocenters. The van der Waals surface area contributed by atoms with E-state index in [4.69, 9.17) is 28.2 Å². The van der Waals surface area contributed by atoms with Crippen LogP contribution in [0.15, 0.2) is 82.2 Å². The topological polar surface area (TPSA) is 70.1 Å². The molecule has 0 aliphatic rings. The van der Waals surface area contributed by atoms with Gasteiger partial charge in [-0.05, 0) is 35.9 Å². The molecule has 0 aliphatic carbocycles. The van der Waals surface area contributed by atoms with E-state index in [0.717, 1.165) is 16.8 Å². The third-order valence-corrected chi connectivity index (χ3v) is 5.89. The summed E-state index contributed by atoms with van der Waals surface area (Å²) >= 11 is 13.9. The Morgan fingerprint density at radius 3 is 2.55 bits per heavy atom. The lowest BCUT2D eigenvalue weighted by Crippen LogP contribution is -2.12. The SMILES string of the molecule is Oc1cccc(C=Nn2c(-c3ccc(Cl)cc3Cl)csc2=NCc2ccccc2)c1O. The summed E-state index contributed by atoms with van der Waals surface area (Å²) in [6.45, 7) is 0.488. The van der Waals surface area contributed by atoms with Crippen LogP contribution in [0.1, 0.15) is 11.1 Å². The van der Waals surface area contributed by atoms with Crippen LogP contribution < -0.4 is 4.80 Å². The van der Waals surface area contributed by atoms with E-state index in [1.54, 1.807) is 28.9 Å². The Hall–Kier alpha value is -3.06. The number of aromatic hydroxyl groups is 2. The van der Waals surface area contributed by atoms with Crippen molar-refractivity contribution in [3.8, 4) is 22.8 Å². The van der Waals surface area contributed by atoms with E-state index in [-0.39, 0.29) is 11.5 Å². The maximum absolute atomic E-state index is 10.1. The van der Waals surface area contributed by atoms with Crippen LogP contribution in [-0.4, -0.2) is 21.1 Å². The minimum absolute atomic E-state index is 0.214. The minimum Gasteiger partial charge on any atom is -0.504 e. The number of hydrogen-bond donors (Lipinski definition) is 2. The number of aromatic nitrogens is 1. The second-order valence-corrected chi connectivity index (χ2v) is 8.28. The van der Waals surface area contributed by atoms with Gasteiger partial charge in [0.05, 0.1) is 23.5 Å². The number of thiazole rings is 1. The lowest BCUT2D eigenvalue weighted by molar-refractivity contribution is 0.403. The first-order valence-electron chi connectivity index (χ1n) is 9.28. The summed E-state index contributed by atoms with van der Waals surface area (Å²) in [6.07, 6.45) is 1.47. The van der Waals surface area contributed by atoms with Crippen molar-refractivity contribution in [2.45, 2.75) is 6.54 Å². The van der Waals surface area contributed by atoms with Gasteiger partial charge in [-0.3, -0.25) is 4.99 Å². The molecule has 0 aliphatic heterocycles. The number of rotatable bonds is 5. The normalized spacial score (nSPS) is 12.0. The molecule has 0 atom stereocenters. The number of phenols is 2. The van der Waals surface area contributed by atoms with Crippen molar-refractivity contribution in [3.63, 3.8) is 0 Å². The standard InChI is InChI=1S/C23H17Cl2N3O2S/c24-17-9-10-18(19(25)11-17)20-14-31-23(26-12-15-5-2-1-3-6-15)28(20)27-13-16-7-4-8-21(29)22(16)30/h1-11,13-14,29-30H,12H2. The highest BCUT2D eigenvalue weighted by atomic mass is 35.5. The van der Waals surface area contributed by atoms with Crippen LogP contribution >= 0.6 is 34.5 Å². The average Bonchev–Trinajstić information content (AvgIpc) is 3.16. The van der Waals surface area contributed by atoms with Crippen molar-refractivity contribution >= 4 is 40.8 Å². The van der Waals surface area contributed by atoms with E-state index >= 15 is 0 Å². The average molecular weight is 470 g/mol. The zero-order chi connectivity index (χ0) is 21.8. The monoisotopic (exact) mass is 469 g/mol. The first-order valence-corrected chi connectivity index (χ1v) is 10.9. The lowest BCUT2D eigenvalue weighted by atomic mass is 10.2. The predicted molar refractivity (Wildman–Crippen MR) is 126 cm³/mol. The molecule has 1 aromatic heterocycles. The highest BCUT2D eigenvalue weighted by Gasteiger charge is 2.12. The van der Waals surface area contributed by atoms with Gasteiger partial charge in [-0.25, -0.2) is 4.68 Å². The molecule has 0 spiro atoms. The third kappa shape index (κ3) is 4.82. The second-order valence-electron chi connectivity index (χ2n) is 6.60.